The molecule has 0 unspecified atom stereocenters. The van der Waals surface area contributed by atoms with E-state index < -0.39 is 0 Å². The smallest absolute Gasteiger partial charge is 0.275 e. The lowest BCUT2D eigenvalue weighted by molar-refractivity contribution is 0.0950. The number of carbonyl (C=O) groups excluding carboxylic acids is 1. The lowest BCUT2D eigenvalue weighted by atomic mass is 9.87. The number of nitrogens with one attached hydrogen (secondary N) is 1. The summed E-state index contributed by atoms with van der Waals surface area (Å²) in [5, 5.41) is 7.93. The van der Waals surface area contributed by atoms with Crippen LogP contribution in [0.1, 0.15) is 42.4 Å². The first-order chi connectivity index (χ1) is 14.3. The number of carbonyl (C=O) groups is 1. The van der Waals surface area contributed by atoms with Gasteiger partial charge in [0.2, 0.25) is 4.96 Å². The first kappa shape index (κ1) is 20.0. The average molecular weight is 419 g/mol. The van der Waals surface area contributed by atoms with E-state index in [0.29, 0.717) is 16.2 Å². The highest BCUT2D eigenvalue weighted by molar-refractivity contribution is 7.19. The largest absolute Gasteiger partial charge is 0.346 e. The topological polar surface area (TPSA) is 76.4 Å². The fraction of sp³-hybridized carbons (Fsp3) is 0.217. The minimum atomic E-state index is -0.266. The van der Waals surface area contributed by atoms with Crippen molar-refractivity contribution in [1.82, 2.24) is 19.9 Å². The molecule has 7 heteroatoms. The summed E-state index contributed by atoms with van der Waals surface area (Å²) in [7, 11) is 0. The number of aromatic nitrogens is 3. The Kier molecular flexibility index (Phi) is 5.22. The van der Waals surface area contributed by atoms with Crippen molar-refractivity contribution in [3.8, 4) is 10.6 Å². The number of rotatable bonds is 4. The average Bonchev–Trinajstić information content (AvgIpc) is 3.17. The van der Waals surface area contributed by atoms with Crippen molar-refractivity contribution < 1.29 is 4.79 Å². The molecule has 152 valence electrons. The van der Waals surface area contributed by atoms with Crippen LogP contribution in [0.25, 0.3) is 15.5 Å². The van der Waals surface area contributed by atoms with Crippen LogP contribution >= 0.6 is 11.3 Å². The van der Waals surface area contributed by atoms with Gasteiger partial charge in [-0.25, -0.2) is 4.98 Å². The van der Waals surface area contributed by atoms with Crippen LogP contribution in [-0.4, -0.2) is 20.5 Å². The van der Waals surface area contributed by atoms with Gasteiger partial charge < -0.3 is 5.32 Å². The third kappa shape index (κ3) is 4.16. The van der Waals surface area contributed by atoms with Crippen LogP contribution in [0.4, 0.5) is 0 Å². The molecule has 0 spiro atoms. The molecule has 0 bridgehead atoms. The van der Waals surface area contributed by atoms with Crippen molar-refractivity contribution in [3.63, 3.8) is 0 Å². The molecule has 1 amide bonds. The van der Waals surface area contributed by atoms with Crippen molar-refractivity contribution in [1.29, 1.82) is 0 Å². The normalized spacial score (nSPS) is 11.6. The predicted molar refractivity (Wildman–Crippen MR) is 119 cm³/mol. The molecule has 0 radical (unpaired) electrons. The van der Waals surface area contributed by atoms with E-state index in [2.05, 4.69) is 36.2 Å². The summed E-state index contributed by atoms with van der Waals surface area (Å²) >= 11 is 1.34. The van der Waals surface area contributed by atoms with Gasteiger partial charge in [0, 0.05) is 17.2 Å². The summed E-state index contributed by atoms with van der Waals surface area (Å²) < 4.78 is 1.30. The highest BCUT2D eigenvalue weighted by atomic mass is 32.1. The zero-order valence-electron chi connectivity index (χ0n) is 17.0. The molecule has 0 atom stereocenters. The van der Waals surface area contributed by atoms with Gasteiger partial charge in [0.15, 0.2) is 0 Å². The maximum Gasteiger partial charge on any atom is 0.275 e. The molecule has 6 nitrogen and oxygen atoms in total. The molecule has 0 aliphatic carbocycles. The predicted octanol–water partition coefficient (Wildman–Crippen LogP) is 4.05. The van der Waals surface area contributed by atoms with Crippen LogP contribution in [0.2, 0.25) is 0 Å². The fourth-order valence-corrected chi connectivity index (χ4v) is 3.97. The van der Waals surface area contributed by atoms with Crippen LogP contribution in [0.3, 0.4) is 0 Å². The SMILES string of the molecule is CC(C)(C)c1ccc(C(=O)NCc2cc(=O)n3nc(-c4ccccc4)sc3n2)cc1. The molecule has 30 heavy (non-hydrogen) atoms. The minimum absolute atomic E-state index is 0.0316. The molecule has 2 aromatic heterocycles. The van der Waals surface area contributed by atoms with Crippen LogP contribution in [-0.2, 0) is 12.0 Å². The maximum atomic E-state index is 12.5. The number of amides is 1. The molecule has 4 rings (SSSR count). The lowest BCUT2D eigenvalue weighted by Crippen LogP contribution is -2.25. The molecule has 0 saturated heterocycles. The molecule has 0 saturated carbocycles. The molecular formula is C23H22N4O2S. The Balaban J connectivity index is 1.51. The second-order valence-corrected chi connectivity index (χ2v) is 9.02. The van der Waals surface area contributed by atoms with Crippen molar-refractivity contribution >= 4 is 22.2 Å². The molecule has 2 aromatic carbocycles. The van der Waals surface area contributed by atoms with E-state index in [4.69, 9.17) is 0 Å². The Hall–Kier alpha value is -3.32. The Morgan fingerprint density at radius 3 is 2.43 bits per heavy atom. The lowest BCUT2D eigenvalue weighted by Gasteiger charge is -2.19. The van der Waals surface area contributed by atoms with Crippen LogP contribution in [0.5, 0.6) is 0 Å². The van der Waals surface area contributed by atoms with Crippen molar-refractivity contribution in [2.24, 2.45) is 0 Å². The van der Waals surface area contributed by atoms with E-state index in [9.17, 15) is 9.59 Å². The van der Waals surface area contributed by atoms with E-state index in [1.807, 2.05) is 54.6 Å². The summed E-state index contributed by atoms with van der Waals surface area (Å²) in [6.45, 7) is 6.56. The third-order valence-electron chi connectivity index (χ3n) is 4.76. The molecule has 0 fully saturated rings. The molecule has 0 aliphatic heterocycles. The zero-order valence-corrected chi connectivity index (χ0v) is 17.9. The molecule has 1 N–H and O–H groups in total. The molecule has 4 aromatic rings. The summed E-state index contributed by atoms with van der Waals surface area (Å²) in [6, 6.07) is 18.6. The van der Waals surface area contributed by atoms with Crippen molar-refractivity contribution in [3.05, 3.63) is 87.8 Å². The fourth-order valence-electron chi connectivity index (χ4n) is 3.04. The number of hydrogen-bond donors (Lipinski definition) is 1. The highest BCUT2D eigenvalue weighted by Crippen LogP contribution is 2.24. The van der Waals surface area contributed by atoms with Crippen LogP contribution < -0.4 is 10.9 Å². The van der Waals surface area contributed by atoms with Gasteiger partial charge in [-0.05, 0) is 23.1 Å². The quantitative estimate of drug-likeness (QED) is 0.543. The Labute approximate surface area is 178 Å². The molecular weight excluding hydrogens is 396 g/mol. The number of nitrogens with zero attached hydrogens (tertiary/aromatic N) is 3. The minimum Gasteiger partial charge on any atom is -0.346 e. The standard InChI is InChI=1S/C23H22N4O2S/c1-23(2,3)17-11-9-15(10-12-17)20(29)24-14-18-13-19(28)27-22(25-18)30-21(26-27)16-7-5-4-6-8-16/h4-13H,14H2,1-3H3,(H,24,29). The van der Waals surface area contributed by atoms with Gasteiger partial charge >= 0.3 is 0 Å². The number of fused-ring (bicyclic) bond motifs is 1. The number of hydrogen-bond acceptors (Lipinski definition) is 5. The van der Waals surface area contributed by atoms with Gasteiger partial charge in [0.1, 0.15) is 5.01 Å². The molecule has 0 aliphatic rings. The second-order valence-electron chi connectivity index (χ2n) is 8.06. The first-order valence-corrected chi connectivity index (χ1v) is 10.5. The van der Waals surface area contributed by atoms with E-state index in [-0.39, 0.29) is 23.4 Å². The van der Waals surface area contributed by atoms with Crippen LogP contribution in [0.15, 0.2) is 65.5 Å². The third-order valence-corrected chi connectivity index (χ3v) is 5.72. The first-order valence-electron chi connectivity index (χ1n) is 9.65. The van der Waals surface area contributed by atoms with E-state index in [0.717, 1.165) is 10.6 Å². The van der Waals surface area contributed by atoms with Gasteiger partial charge in [0.25, 0.3) is 11.5 Å². The van der Waals surface area contributed by atoms with E-state index in [1.165, 1.54) is 27.5 Å². The van der Waals surface area contributed by atoms with E-state index in [1.54, 1.807) is 0 Å². The van der Waals surface area contributed by atoms with Gasteiger partial charge in [-0.2, -0.15) is 9.61 Å². The summed E-state index contributed by atoms with van der Waals surface area (Å²) in [4.78, 5) is 29.9. The monoisotopic (exact) mass is 418 g/mol. The van der Waals surface area contributed by atoms with Gasteiger partial charge in [-0.1, -0.05) is 74.6 Å². The Bertz CT molecular complexity index is 1250. The van der Waals surface area contributed by atoms with Gasteiger partial charge in [-0.15, -0.1) is 0 Å². The van der Waals surface area contributed by atoms with E-state index >= 15 is 0 Å². The zero-order chi connectivity index (χ0) is 21.3. The summed E-state index contributed by atoms with van der Waals surface area (Å²) in [5.41, 5.74) is 2.94. The Morgan fingerprint density at radius 2 is 1.77 bits per heavy atom. The number of benzene rings is 2. The second kappa shape index (κ2) is 7.84. The van der Waals surface area contributed by atoms with Crippen molar-refractivity contribution in [2.75, 3.05) is 0 Å². The maximum absolute atomic E-state index is 12.5. The summed E-state index contributed by atoms with van der Waals surface area (Å²) in [5.74, 6) is -0.202. The summed E-state index contributed by atoms with van der Waals surface area (Å²) in [6.07, 6.45) is 0. The highest BCUT2D eigenvalue weighted by Gasteiger charge is 2.15. The molecule has 2 heterocycles. The van der Waals surface area contributed by atoms with Crippen molar-refractivity contribution in [2.45, 2.75) is 32.7 Å². The van der Waals surface area contributed by atoms with Gasteiger partial charge in [-0.3, -0.25) is 9.59 Å². The van der Waals surface area contributed by atoms with Crippen LogP contribution in [0, 0.1) is 0 Å². The van der Waals surface area contributed by atoms with Gasteiger partial charge in [0.05, 0.1) is 12.2 Å². The Morgan fingerprint density at radius 1 is 1.07 bits per heavy atom.